The van der Waals surface area contributed by atoms with E-state index in [1.54, 1.807) is 0 Å². The van der Waals surface area contributed by atoms with Gasteiger partial charge in [0.05, 0.1) is 12.7 Å². The van der Waals surface area contributed by atoms with E-state index >= 15 is 0 Å². The molecule has 1 heterocycles. The Bertz CT molecular complexity index is 660. The van der Waals surface area contributed by atoms with Crippen LogP contribution in [-0.2, 0) is 0 Å². The van der Waals surface area contributed by atoms with E-state index in [2.05, 4.69) is 4.98 Å². The van der Waals surface area contributed by atoms with Crippen molar-refractivity contribution in [2.45, 2.75) is 0 Å². The van der Waals surface area contributed by atoms with Crippen LogP contribution in [0.25, 0.3) is 11.1 Å². The Balaban J connectivity index is 2.67. The van der Waals surface area contributed by atoms with E-state index in [-0.39, 0.29) is 11.1 Å². The molecule has 0 saturated carbocycles. The van der Waals surface area contributed by atoms with Crippen LogP contribution < -0.4 is 16.0 Å². The molecule has 1 aromatic heterocycles. The maximum Gasteiger partial charge on any atom is 0.325 e. The highest BCUT2D eigenvalue weighted by Crippen LogP contribution is 2.23. The number of nitrogens with one attached hydrogen (secondary N) is 2. The molecule has 5 nitrogen and oxygen atoms in total. The third kappa shape index (κ3) is 2.10. The lowest BCUT2D eigenvalue weighted by Crippen LogP contribution is -2.22. The fraction of sp³-hybridized carbons (Fsp3) is 0.0909. The molecule has 0 amide bonds. The van der Waals surface area contributed by atoms with Crippen LogP contribution in [0.15, 0.2) is 34.0 Å². The van der Waals surface area contributed by atoms with Crippen molar-refractivity contribution in [1.29, 1.82) is 0 Å². The van der Waals surface area contributed by atoms with E-state index in [4.69, 9.17) is 4.74 Å². The molecule has 17 heavy (non-hydrogen) atoms. The Hall–Kier alpha value is -2.37. The number of benzene rings is 1. The van der Waals surface area contributed by atoms with E-state index in [0.717, 1.165) is 0 Å². The van der Waals surface area contributed by atoms with Crippen molar-refractivity contribution in [2.75, 3.05) is 7.11 Å². The highest BCUT2D eigenvalue weighted by Gasteiger charge is 2.10. The summed E-state index contributed by atoms with van der Waals surface area (Å²) in [6.07, 6.45) is 1.17. The van der Waals surface area contributed by atoms with Gasteiger partial charge in [-0.2, -0.15) is 0 Å². The first-order valence-electron chi connectivity index (χ1n) is 4.77. The molecule has 2 aromatic rings. The highest BCUT2D eigenvalue weighted by molar-refractivity contribution is 5.63. The highest BCUT2D eigenvalue weighted by atomic mass is 19.1. The second-order valence-corrected chi connectivity index (χ2v) is 3.33. The first-order valence-corrected chi connectivity index (χ1v) is 4.77. The SMILES string of the molecule is COc1ccc(F)c(-c2c[nH]c(=O)[nH]c2=O)c1. The Morgan fingerprint density at radius 3 is 2.65 bits per heavy atom. The minimum absolute atomic E-state index is 0.0426. The lowest BCUT2D eigenvalue weighted by molar-refractivity contribution is 0.414. The normalized spacial score (nSPS) is 10.2. The quantitative estimate of drug-likeness (QED) is 0.812. The van der Waals surface area contributed by atoms with E-state index in [9.17, 15) is 14.0 Å². The molecule has 2 N–H and O–H groups in total. The van der Waals surface area contributed by atoms with Gasteiger partial charge in [0.15, 0.2) is 0 Å². The Kier molecular flexibility index (Phi) is 2.78. The summed E-state index contributed by atoms with van der Waals surface area (Å²) in [5.41, 5.74) is -1.18. The molecule has 88 valence electrons. The monoisotopic (exact) mass is 236 g/mol. The zero-order valence-corrected chi connectivity index (χ0v) is 8.91. The topological polar surface area (TPSA) is 75.0 Å². The number of rotatable bonds is 2. The molecular weight excluding hydrogens is 227 g/mol. The minimum Gasteiger partial charge on any atom is -0.497 e. The number of hydrogen-bond donors (Lipinski definition) is 2. The van der Waals surface area contributed by atoms with E-state index in [0.29, 0.717) is 5.75 Å². The van der Waals surface area contributed by atoms with Crippen LogP contribution in [0, 0.1) is 5.82 Å². The van der Waals surface area contributed by atoms with Gasteiger partial charge in [0.25, 0.3) is 5.56 Å². The zero-order valence-electron chi connectivity index (χ0n) is 8.91. The van der Waals surface area contributed by atoms with Crippen molar-refractivity contribution in [3.05, 3.63) is 51.1 Å². The molecule has 0 atom stereocenters. The molecule has 0 aliphatic carbocycles. The van der Waals surface area contributed by atoms with Crippen LogP contribution in [0.2, 0.25) is 0 Å². The van der Waals surface area contributed by atoms with E-state index in [1.807, 2.05) is 4.98 Å². The number of aromatic nitrogens is 2. The average Bonchev–Trinajstić information content (AvgIpc) is 2.30. The van der Waals surface area contributed by atoms with Crippen molar-refractivity contribution in [3.63, 3.8) is 0 Å². The van der Waals surface area contributed by atoms with Crippen molar-refractivity contribution in [2.24, 2.45) is 0 Å². The first-order chi connectivity index (χ1) is 8.11. The fourth-order valence-electron chi connectivity index (χ4n) is 1.45. The smallest absolute Gasteiger partial charge is 0.325 e. The summed E-state index contributed by atoms with van der Waals surface area (Å²) in [5.74, 6) is -0.143. The van der Waals surface area contributed by atoms with Crippen LogP contribution in [-0.4, -0.2) is 17.1 Å². The molecule has 0 spiro atoms. The molecule has 0 aliphatic heterocycles. The van der Waals surface area contributed by atoms with Gasteiger partial charge in [0.1, 0.15) is 11.6 Å². The van der Waals surface area contributed by atoms with Crippen molar-refractivity contribution in [3.8, 4) is 16.9 Å². The molecule has 0 bridgehead atoms. The van der Waals surface area contributed by atoms with Gasteiger partial charge in [-0.3, -0.25) is 9.78 Å². The predicted octanol–water partition coefficient (Wildman–Crippen LogP) is 0.878. The Morgan fingerprint density at radius 2 is 2.00 bits per heavy atom. The second kappa shape index (κ2) is 4.25. The van der Waals surface area contributed by atoms with Gasteiger partial charge in [0.2, 0.25) is 0 Å². The zero-order chi connectivity index (χ0) is 12.4. The fourth-order valence-corrected chi connectivity index (χ4v) is 1.45. The summed E-state index contributed by atoms with van der Waals surface area (Å²) in [6.45, 7) is 0. The first kappa shape index (κ1) is 11.1. The standard InChI is InChI=1S/C11H9FN2O3/c1-17-6-2-3-9(12)7(4-6)8-5-13-11(16)14-10(8)15/h2-5H,1H3,(H2,13,14,15,16). The number of hydrogen-bond acceptors (Lipinski definition) is 3. The van der Waals surface area contributed by atoms with Gasteiger partial charge in [-0.1, -0.05) is 0 Å². The third-order valence-electron chi connectivity index (χ3n) is 2.28. The average molecular weight is 236 g/mol. The lowest BCUT2D eigenvalue weighted by Gasteiger charge is -2.05. The van der Waals surface area contributed by atoms with Crippen LogP contribution in [0.3, 0.4) is 0 Å². The summed E-state index contributed by atoms with van der Waals surface area (Å²) in [6, 6.07) is 4.02. The predicted molar refractivity (Wildman–Crippen MR) is 59.6 cm³/mol. The van der Waals surface area contributed by atoms with Crippen molar-refractivity contribution >= 4 is 0 Å². The van der Waals surface area contributed by atoms with Crippen LogP contribution in [0.1, 0.15) is 0 Å². The summed E-state index contributed by atoms with van der Waals surface area (Å²) in [5, 5.41) is 0. The second-order valence-electron chi connectivity index (χ2n) is 3.33. The summed E-state index contributed by atoms with van der Waals surface area (Å²) in [7, 11) is 1.44. The lowest BCUT2D eigenvalue weighted by atomic mass is 10.1. The summed E-state index contributed by atoms with van der Waals surface area (Å²) in [4.78, 5) is 26.7. The molecule has 0 radical (unpaired) electrons. The van der Waals surface area contributed by atoms with Gasteiger partial charge in [-0.05, 0) is 18.2 Å². The van der Waals surface area contributed by atoms with Crippen LogP contribution in [0.4, 0.5) is 4.39 Å². The van der Waals surface area contributed by atoms with Gasteiger partial charge in [0, 0.05) is 11.8 Å². The molecule has 0 saturated heterocycles. The van der Waals surface area contributed by atoms with Crippen molar-refractivity contribution < 1.29 is 9.13 Å². The van der Waals surface area contributed by atoms with Gasteiger partial charge < -0.3 is 9.72 Å². The van der Waals surface area contributed by atoms with E-state index < -0.39 is 17.1 Å². The largest absolute Gasteiger partial charge is 0.497 e. The number of H-pyrrole nitrogens is 2. The Labute approximate surface area is 94.9 Å². The molecule has 0 aliphatic rings. The van der Waals surface area contributed by atoms with E-state index in [1.165, 1.54) is 31.5 Å². The van der Waals surface area contributed by atoms with Crippen LogP contribution in [0.5, 0.6) is 5.75 Å². The molecule has 1 aromatic carbocycles. The Morgan fingerprint density at radius 1 is 1.24 bits per heavy atom. The molecular formula is C11H9FN2O3. The van der Waals surface area contributed by atoms with Crippen LogP contribution >= 0.6 is 0 Å². The molecule has 6 heteroatoms. The number of methoxy groups -OCH3 is 1. The number of halogens is 1. The molecule has 0 fully saturated rings. The number of ether oxygens (including phenoxy) is 1. The summed E-state index contributed by atoms with van der Waals surface area (Å²) < 4.78 is 18.5. The molecule has 0 unspecified atom stereocenters. The van der Waals surface area contributed by atoms with Gasteiger partial charge >= 0.3 is 5.69 Å². The maximum atomic E-state index is 13.6. The number of aromatic amines is 2. The van der Waals surface area contributed by atoms with Gasteiger partial charge in [-0.25, -0.2) is 9.18 Å². The van der Waals surface area contributed by atoms with Gasteiger partial charge in [-0.15, -0.1) is 0 Å². The maximum absolute atomic E-state index is 13.6. The molecule has 2 rings (SSSR count). The third-order valence-corrected chi connectivity index (χ3v) is 2.28. The minimum atomic E-state index is -0.652. The van der Waals surface area contributed by atoms with Crippen molar-refractivity contribution in [1.82, 2.24) is 9.97 Å². The summed E-state index contributed by atoms with van der Waals surface area (Å²) >= 11 is 0.